The number of fused-ring (bicyclic) bond motifs is 1. The first-order chi connectivity index (χ1) is 16.0. The lowest BCUT2D eigenvalue weighted by atomic mass is 10.1. The third kappa shape index (κ3) is 4.08. The van der Waals surface area contributed by atoms with Gasteiger partial charge in [0.05, 0.1) is 16.0 Å². The number of rotatable bonds is 5. The summed E-state index contributed by atoms with van der Waals surface area (Å²) >= 11 is 0. The Kier molecular flexibility index (Phi) is 5.14. The number of aromatic amines is 1. The number of nitrogens with zero attached hydrogens (tertiary/aromatic N) is 4. The number of piperazine rings is 1. The molecule has 0 spiro atoms. The Balaban J connectivity index is 1.26. The van der Waals surface area contributed by atoms with E-state index in [2.05, 4.69) is 31.9 Å². The second kappa shape index (κ2) is 8.27. The summed E-state index contributed by atoms with van der Waals surface area (Å²) in [5.41, 5.74) is 10.6. The van der Waals surface area contributed by atoms with E-state index in [4.69, 9.17) is 5.73 Å². The minimum atomic E-state index is -0.467. The summed E-state index contributed by atoms with van der Waals surface area (Å²) in [4.78, 5) is 34.3. The molecule has 1 amide bonds. The fourth-order valence-electron chi connectivity index (χ4n) is 4.14. The van der Waals surface area contributed by atoms with Crippen molar-refractivity contribution in [3.05, 3.63) is 82.4 Å². The monoisotopic (exact) mass is 442 g/mol. The number of anilines is 2. The van der Waals surface area contributed by atoms with Gasteiger partial charge in [0.2, 0.25) is 5.91 Å². The molecule has 4 aromatic rings. The third-order valence-corrected chi connectivity index (χ3v) is 5.98. The predicted molar refractivity (Wildman–Crippen MR) is 128 cm³/mol. The number of H-pyrrole nitrogens is 1. The van der Waals surface area contributed by atoms with Gasteiger partial charge in [0.15, 0.2) is 0 Å². The zero-order valence-corrected chi connectivity index (χ0v) is 17.8. The molecule has 5 rings (SSSR count). The zero-order chi connectivity index (χ0) is 22.9. The second-order valence-corrected chi connectivity index (χ2v) is 7.98. The van der Waals surface area contributed by atoms with E-state index in [0.717, 1.165) is 60.0 Å². The molecule has 2 heterocycles. The van der Waals surface area contributed by atoms with Gasteiger partial charge in [-0.2, -0.15) is 0 Å². The maximum atomic E-state index is 11.4. The van der Waals surface area contributed by atoms with E-state index in [1.807, 2.05) is 24.3 Å². The number of nitro benzene ring substituents is 1. The molecule has 9 nitrogen and oxygen atoms in total. The smallest absolute Gasteiger partial charge is 0.269 e. The number of nitro groups is 1. The lowest BCUT2D eigenvalue weighted by molar-refractivity contribution is -0.384. The highest BCUT2D eigenvalue weighted by molar-refractivity contribution is 5.96. The molecular formula is C24H22N6O3. The number of imidazole rings is 1. The average molecular weight is 442 g/mol. The Morgan fingerprint density at radius 2 is 1.48 bits per heavy atom. The molecule has 0 atom stereocenters. The van der Waals surface area contributed by atoms with Crippen LogP contribution in [0.4, 0.5) is 17.1 Å². The van der Waals surface area contributed by atoms with Crippen LogP contribution >= 0.6 is 0 Å². The average Bonchev–Trinajstić information content (AvgIpc) is 3.28. The van der Waals surface area contributed by atoms with Gasteiger partial charge >= 0.3 is 0 Å². The van der Waals surface area contributed by atoms with Crippen molar-refractivity contribution in [3.63, 3.8) is 0 Å². The van der Waals surface area contributed by atoms with Crippen LogP contribution in [0, 0.1) is 10.1 Å². The highest BCUT2D eigenvalue weighted by Gasteiger charge is 2.18. The summed E-state index contributed by atoms with van der Waals surface area (Å²) in [6.07, 6.45) is 0. The molecule has 3 N–H and O–H groups in total. The van der Waals surface area contributed by atoms with E-state index in [9.17, 15) is 14.9 Å². The van der Waals surface area contributed by atoms with Gasteiger partial charge in [-0.3, -0.25) is 14.9 Å². The molecule has 1 aliphatic heterocycles. The first kappa shape index (κ1) is 20.5. The van der Waals surface area contributed by atoms with Crippen molar-refractivity contribution >= 4 is 34.0 Å². The van der Waals surface area contributed by atoms with Gasteiger partial charge in [0, 0.05) is 60.8 Å². The van der Waals surface area contributed by atoms with Crippen LogP contribution in [0.2, 0.25) is 0 Å². The lowest BCUT2D eigenvalue weighted by Gasteiger charge is -2.37. The van der Waals surface area contributed by atoms with Crippen LogP contribution in [0.25, 0.3) is 22.4 Å². The Morgan fingerprint density at radius 3 is 2.03 bits per heavy atom. The molecule has 33 heavy (non-hydrogen) atoms. The number of carbonyl (C=O) groups excluding carboxylic acids is 1. The molecule has 0 radical (unpaired) electrons. The highest BCUT2D eigenvalue weighted by atomic mass is 16.6. The summed E-state index contributed by atoms with van der Waals surface area (Å²) in [6.45, 7) is 3.39. The van der Waals surface area contributed by atoms with Gasteiger partial charge in [0.1, 0.15) is 5.82 Å². The normalized spacial score (nSPS) is 13.9. The lowest BCUT2D eigenvalue weighted by Crippen LogP contribution is -2.46. The van der Waals surface area contributed by atoms with E-state index < -0.39 is 5.91 Å². The van der Waals surface area contributed by atoms with Gasteiger partial charge in [-0.1, -0.05) is 0 Å². The molecule has 0 aliphatic carbocycles. The van der Waals surface area contributed by atoms with Crippen molar-refractivity contribution in [2.75, 3.05) is 36.0 Å². The number of carbonyl (C=O) groups is 1. The third-order valence-electron chi connectivity index (χ3n) is 5.98. The molecule has 1 saturated heterocycles. The van der Waals surface area contributed by atoms with Gasteiger partial charge in [-0.05, 0) is 54.6 Å². The Bertz CT molecular complexity index is 1320. The van der Waals surface area contributed by atoms with Crippen LogP contribution < -0.4 is 15.5 Å². The number of benzene rings is 3. The summed E-state index contributed by atoms with van der Waals surface area (Å²) in [5.74, 6) is 0.271. The summed E-state index contributed by atoms with van der Waals surface area (Å²) in [6, 6.07) is 20.1. The van der Waals surface area contributed by atoms with Gasteiger partial charge in [-0.25, -0.2) is 4.98 Å². The largest absolute Gasteiger partial charge is 0.368 e. The second-order valence-electron chi connectivity index (χ2n) is 7.98. The summed E-state index contributed by atoms with van der Waals surface area (Å²) in [5, 5.41) is 10.8. The Hall–Kier alpha value is -4.40. The maximum absolute atomic E-state index is 11.4. The van der Waals surface area contributed by atoms with Gasteiger partial charge < -0.3 is 20.5 Å². The molecular weight excluding hydrogens is 420 g/mol. The van der Waals surface area contributed by atoms with E-state index in [1.54, 1.807) is 30.3 Å². The maximum Gasteiger partial charge on any atom is 0.269 e. The number of aromatic nitrogens is 2. The van der Waals surface area contributed by atoms with E-state index >= 15 is 0 Å². The quantitative estimate of drug-likeness (QED) is 0.360. The number of hydrogen-bond acceptors (Lipinski definition) is 6. The molecule has 0 unspecified atom stereocenters. The number of non-ortho nitro benzene ring substituents is 1. The van der Waals surface area contributed by atoms with Gasteiger partial charge in [0.25, 0.3) is 5.69 Å². The molecule has 1 fully saturated rings. The van der Waals surface area contributed by atoms with Crippen LogP contribution in [0.5, 0.6) is 0 Å². The van der Waals surface area contributed by atoms with Crippen molar-refractivity contribution < 1.29 is 9.72 Å². The van der Waals surface area contributed by atoms with Crippen LogP contribution in [0.15, 0.2) is 66.7 Å². The van der Waals surface area contributed by atoms with Crippen molar-refractivity contribution in [1.29, 1.82) is 0 Å². The standard InChI is InChI=1S/C24H22N6O3/c25-23(31)17-3-10-21-22(15-17)27-24(26-21)16-1-4-18(5-2-16)28-11-13-29(14-12-28)19-6-8-20(9-7-19)30(32)33/h1-10,15H,11-14H2,(H2,25,31)(H,26,27). The summed E-state index contributed by atoms with van der Waals surface area (Å²) < 4.78 is 0. The molecule has 0 bridgehead atoms. The fraction of sp³-hybridized carbons (Fsp3) is 0.167. The van der Waals surface area contributed by atoms with Crippen molar-refractivity contribution in [2.24, 2.45) is 5.73 Å². The Morgan fingerprint density at radius 1 is 0.909 bits per heavy atom. The topological polar surface area (TPSA) is 121 Å². The van der Waals surface area contributed by atoms with E-state index in [-0.39, 0.29) is 10.6 Å². The number of nitrogens with one attached hydrogen (secondary N) is 1. The van der Waals surface area contributed by atoms with Crippen molar-refractivity contribution in [1.82, 2.24) is 9.97 Å². The van der Waals surface area contributed by atoms with Crippen LogP contribution in [0.3, 0.4) is 0 Å². The highest BCUT2D eigenvalue weighted by Crippen LogP contribution is 2.26. The molecule has 1 aliphatic rings. The van der Waals surface area contributed by atoms with Crippen molar-refractivity contribution in [2.45, 2.75) is 0 Å². The van der Waals surface area contributed by atoms with Crippen molar-refractivity contribution in [3.8, 4) is 11.4 Å². The van der Waals surface area contributed by atoms with Gasteiger partial charge in [-0.15, -0.1) is 0 Å². The number of amides is 1. The van der Waals surface area contributed by atoms with E-state index in [0.29, 0.717) is 5.56 Å². The SMILES string of the molecule is NC(=O)c1ccc2nc(-c3ccc(N4CCN(c5ccc([N+](=O)[O-])cc5)CC4)cc3)[nH]c2c1. The fourth-order valence-corrected chi connectivity index (χ4v) is 4.14. The predicted octanol–water partition coefficient (Wildman–Crippen LogP) is 3.56. The summed E-state index contributed by atoms with van der Waals surface area (Å²) in [7, 11) is 0. The zero-order valence-electron chi connectivity index (χ0n) is 17.8. The molecule has 166 valence electrons. The first-order valence-electron chi connectivity index (χ1n) is 10.6. The molecule has 0 saturated carbocycles. The number of hydrogen-bond donors (Lipinski definition) is 2. The number of primary amides is 1. The minimum absolute atomic E-state index is 0.107. The number of nitrogens with two attached hydrogens (primary N) is 1. The Labute approximate surface area is 189 Å². The minimum Gasteiger partial charge on any atom is -0.368 e. The first-order valence-corrected chi connectivity index (χ1v) is 10.6. The van der Waals surface area contributed by atoms with Crippen LogP contribution in [0.1, 0.15) is 10.4 Å². The molecule has 1 aromatic heterocycles. The van der Waals surface area contributed by atoms with Crippen LogP contribution in [-0.2, 0) is 0 Å². The van der Waals surface area contributed by atoms with Crippen LogP contribution in [-0.4, -0.2) is 47.0 Å². The van der Waals surface area contributed by atoms with E-state index in [1.165, 1.54) is 0 Å². The molecule has 3 aromatic carbocycles. The molecule has 9 heteroatoms.